The van der Waals surface area contributed by atoms with Gasteiger partial charge in [-0.25, -0.2) is 0 Å². The standard InChI is InChI=1S/C8H14O3/c1-3-11-5-4-8(10)6-7(2)9/h3-6H2,1-2H3. The van der Waals surface area contributed by atoms with Gasteiger partial charge in [-0.1, -0.05) is 0 Å². The summed E-state index contributed by atoms with van der Waals surface area (Å²) >= 11 is 0. The van der Waals surface area contributed by atoms with E-state index in [4.69, 9.17) is 4.74 Å². The van der Waals surface area contributed by atoms with Gasteiger partial charge in [0.15, 0.2) is 0 Å². The first-order chi connectivity index (χ1) is 5.16. The van der Waals surface area contributed by atoms with E-state index in [1.54, 1.807) is 0 Å². The molecule has 11 heavy (non-hydrogen) atoms. The Labute approximate surface area is 66.7 Å². The van der Waals surface area contributed by atoms with Crippen LogP contribution in [0.4, 0.5) is 0 Å². The van der Waals surface area contributed by atoms with Gasteiger partial charge in [-0.2, -0.15) is 0 Å². The molecule has 0 aromatic rings. The monoisotopic (exact) mass is 158 g/mol. The van der Waals surface area contributed by atoms with Crippen molar-refractivity contribution < 1.29 is 14.3 Å². The van der Waals surface area contributed by atoms with Crippen LogP contribution in [-0.4, -0.2) is 24.8 Å². The Morgan fingerprint density at radius 3 is 2.45 bits per heavy atom. The van der Waals surface area contributed by atoms with Crippen LogP contribution in [0.5, 0.6) is 0 Å². The van der Waals surface area contributed by atoms with Crippen LogP contribution in [-0.2, 0) is 14.3 Å². The molecule has 3 heteroatoms. The molecule has 0 unspecified atom stereocenters. The summed E-state index contributed by atoms with van der Waals surface area (Å²) in [4.78, 5) is 21.3. The Morgan fingerprint density at radius 2 is 2.00 bits per heavy atom. The first-order valence-electron chi connectivity index (χ1n) is 3.75. The van der Waals surface area contributed by atoms with E-state index in [1.165, 1.54) is 6.92 Å². The second kappa shape index (κ2) is 6.04. The van der Waals surface area contributed by atoms with Crippen molar-refractivity contribution in [1.29, 1.82) is 0 Å². The lowest BCUT2D eigenvalue weighted by molar-refractivity contribution is -0.126. The van der Waals surface area contributed by atoms with Crippen LogP contribution in [0.15, 0.2) is 0 Å². The van der Waals surface area contributed by atoms with E-state index >= 15 is 0 Å². The number of Topliss-reactive ketones (excluding diaryl/α,β-unsaturated/α-hetero) is 2. The van der Waals surface area contributed by atoms with Crippen LogP contribution in [0.25, 0.3) is 0 Å². The molecule has 3 nitrogen and oxygen atoms in total. The van der Waals surface area contributed by atoms with Crippen LogP contribution in [0, 0.1) is 0 Å². The number of hydrogen-bond acceptors (Lipinski definition) is 3. The van der Waals surface area contributed by atoms with Gasteiger partial charge in [-0.05, 0) is 13.8 Å². The fraction of sp³-hybridized carbons (Fsp3) is 0.750. The molecule has 0 N–H and O–H groups in total. The van der Waals surface area contributed by atoms with Crippen molar-refractivity contribution in [2.45, 2.75) is 26.7 Å². The Hall–Kier alpha value is -0.700. The Bertz CT molecular complexity index is 140. The molecule has 0 saturated heterocycles. The fourth-order valence-electron chi connectivity index (χ4n) is 0.696. The molecule has 0 heterocycles. The zero-order valence-electron chi connectivity index (χ0n) is 7.05. The first-order valence-corrected chi connectivity index (χ1v) is 3.75. The summed E-state index contributed by atoms with van der Waals surface area (Å²) < 4.78 is 4.95. The van der Waals surface area contributed by atoms with Crippen molar-refractivity contribution in [2.24, 2.45) is 0 Å². The molecule has 0 rings (SSSR count). The van der Waals surface area contributed by atoms with Gasteiger partial charge in [-0.3, -0.25) is 9.59 Å². The predicted molar refractivity (Wildman–Crippen MR) is 41.4 cm³/mol. The van der Waals surface area contributed by atoms with E-state index in [2.05, 4.69) is 0 Å². The quantitative estimate of drug-likeness (QED) is 0.427. The van der Waals surface area contributed by atoms with Gasteiger partial charge in [-0.15, -0.1) is 0 Å². The first kappa shape index (κ1) is 10.3. The van der Waals surface area contributed by atoms with E-state index in [0.717, 1.165) is 0 Å². The maximum absolute atomic E-state index is 10.8. The molecule has 0 bridgehead atoms. The van der Waals surface area contributed by atoms with Crippen molar-refractivity contribution >= 4 is 11.6 Å². The maximum Gasteiger partial charge on any atom is 0.142 e. The van der Waals surface area contributed by atoms with Crippen molar-refractivity contribution in [3.63, 3.8) is 0 Å². The van der Waals surface area contributed by atoms with Crippen molar-refractivity contribution in [2.75, 3.05) is 13.2 Å². The van der Waals surface area contributed by atoms with E-state index in [9.17, 15) is 9.59 Å². The lowest BCUT2D eigenvalue weighted by atomic mass is 10.2. The van der Waals surface area contributed by atoms with Gasteiger partial charge in [0.2, 0.25) is 0 Å². The van der Waals surface area contributed by atoms with Gasteiger partial charge in [0.1, 0.15) is 11.6 Å². The molecular formula is C8H14O3. The normalized spacial score (nSPS) is 9.64. The highest BCUT2D eigenvalue weighted by Gasteiger charge is 2.03. The van der Waals surface area contributed by atoms with Gasteiger partial charge in [0, 0.05) is 13.0 Å². The Balaban J connectivity index is 3.30. The third-order valence-electron chi connectivity index (χ3n) is 1.18. The molecule has 0 spiro atoms. The molecular weight excluding hydrogens is 144 g/mol. The van der Waals surface area contributed by atoms with Gasteiger partial charge in [0.25, 0.3) is 0 Å². The van der Waals surface area contributed by atoms with Gasteiger partial charge >= 0.3 is 0 Å². The minimum Gasteiger partial charge on any atom is -0.381 e. The SMILES string of the molecule is CCOCCC(=O)CC(C)=O. The van der Waals surface area contributed by atoms with E-state index in [-0.39, 0.29) is 18.0 Å². The Kier molecular flexibility index (Phi) is 5.65. The molecule has 0 aromatic heterocycles. The van der Waals surface area contributed by atoms with Crippen LogP contribution in [0.3, 0.4) is 0 Å². The summed E-state index contributed by atoms with van der Waals surface area (Å²) in [5.74, 6) is -0.113. The lowest BCUT2D eigenvalue weighted by Gasteiger charge is -1.98. The van der Waals surface area contributed by atoms with Crippen molar-refractivity contribution in [1.82, 2.24) is 0 Å². The van der Waals surface area contributed by atoms with Gasteiger partial charge in [0.05, 0.1) is 13.0 Å². The summed E-state index contributed by atoms with van der Waals surface area (Å²) in [6.07, 6.45) is 0.403. The average Bonchev–Trinajstić information content (AvgIpc) is 1.86. The summed E-state index contributed by atoms with van der Waals surface area (Å²) in [6, 6.07) is 0. The molecule has 0 fully saturated rings. The number of carbonyl (C=O) groups excluding carboxylic acids is 2. The maximum atomic E-state index is 10.8. The van der Waals surface area contributed by atoms with E-state index in [1.807, 2.05) is 6.92 Å². The van der Waals surface area contributed by atoms with Crippen LogP contribution < -0.4 is 0 Å². The average molecular weight is 158 g/mol. The van der Waals surface area contributed by atoms with Crippen molar-refractivity contribution in [3.05, 3.63) is 0 Å². The topological polar surface area (TPSA) is 43.4 Å². The van der Waals surface area contributed by atoms with Crippen LogP contribution in [0.1, 0.15) is 26.7 Å². The fourth-order valence-corrected chi connectivity index (χ4v) is 0.696. The molecule has 0 atom stereocenters. The molecule has 0 radical (unpaired) electrons. The van der Waals surface area contributed by atoms with Crippen LogP contribution >= 0.6 is 0 Å². The number of carbonyl (C=O) groups is 2. The van der Waals surface area contributed by atoms with Gasteiger partial charge < -0.3 is 4.74 Å². The zero-order valence-corrected chi connectivity index (χ0v) is 7.05. The minimum absolute atomic E-state index is 0.0362. The smallest absolute Gasteiger partial charge is 0.142 e. The highest BCUT2D eigenvalue weighted by atomic mass is 16.5. The van der Waals surface area contributed by atoms with Crippen molar-refractivity contribution in [3.8, 4) is 0 Å². The largest absolute Gasteiger partial charge is 0.381 e. The molecule has 64 valence electrons. The summed E-state index contributed by atoms with van der Waals surface area (Å²) in [5, 5.41) is 0. The number of ketones is 2. The van der Waals surface area contributed by atoms with Crippen LogP contribution in [0.2, 0.25) is 0 Å². The molecule has 0 amide bonds. The summed E-state index contributed by atoms with van der Waals surface area (Å²) in [7, 11) is 0. The predicted octanol–water partition coefficient (Wildman–Crippen LogP) is 0.961. The number of rotatable bonds is 6. The minimum atomic E-state index is -0.0773. The molecule has 0 aliphatic heterocycles. The number of hydrogen-bond donors (Lipinski definition) is 0. The third kappa shape index (κ3) is 7.19. The van der Waals surface area contributed by atoms with E-state index < -0.39 is 0 Å². The second-order valence-electron chi connectivity index (χ2n) is 2.36. The molecule has 0 aromatic carbocycles. The molecule has 0 saturated carbocycles. The zero-order chi connectivity index (χ0) is 8.69. The summed E-state index contributed by atoms with van der Waals surface area (Å²) in [5.41, 5.74) is 0. The molecule has 0 aliphatic rings. The molecule has 0 aliphatic carbocycles. The second-order valence-corrected chi connectivity index (χ2v) is 2.36. The summed E-state index contributed by atoms with van der Waals surface area (Å²) in [6.45, 7) is 4.34. The third-order valence-corrected chi connectivity index (χ3v) is 1.18. The highest BCUT2D eigenvalue weighted by molar-refractivity contribution is 5.97. The lowest BCUT2D eigenvalue weighted by Crippen LogP contribution is -2.07. The number of ether oxygens (including phenoxy) is 1. The Morgan fingerprint density at radius 1 is 1.36 bits per heavy atom. The highest BCUT2D eigenvalue weighted by Crippen LogP contribution is 1.91. The van der Waals surface area contributed by atoms with E-state index in [0.29, 0.717) is 19.6 Å².